The van der Waals surface area contributed by atoms with E-state index in [1.54, 1.807) is 6.26 Å². The molecule has 1 heterocycles. The fraction of sp³-hybridized carbons (Fsp3) is 1.00. The van der Waals surface area contributed by atoms with E-state index in [4.69, 9.17) is 0 Å². The van der Waals surface area contributed by atoms with Crippen LogP contribution >= 0.6 is 10.4 Å². The molecule has 0 spiro atoms. The first-order valence-corrected chi connectivity index (χ1v) is 5.25. The van der Waals surface area contributed by atoms with E-state index in [-0.39, 0.29) is 0 Å². The van der Waals surface area contributed by atoms with Gasteiger partial charge in [-0.1, -0.05) is 17.3 Å². The molecule has 0 aliphatic carbocycles. The van der Waals surface area contributed by atoms with Crippen molar-refractivity contribution in [1.82, 2.24) is 0 Å². The van der Waals surface area contributed by atoms with Crippen molar-refractivity contribution in [2.24, 2.45) is 0 Å². The average Bonchev–Trinajstić information content (AvgIpc) is 1.86. The van der Waals surface area contributed by atoms with Gasteiger partial charge in [-0.15, -0.1) is 0 Å². The van der Waals surface area contributed by atoms with Gasteiger partial charge in [0.25, 0.3) is 0 Å². The van der Waals surface area contributed by atoms with E-state index in [0.717, 1.165) is 18.6 Å². The summed E-state index contributed by atoms with van der Waals surface area (Å²) in [6.45, 7) is 2.03. The van der Waals surface area contributed by atoms with Gasteiger partial charge in [0.2, 0.25) is 0 Å². The quantitative estimate of drug-likeness (QED) is 0.480. The smallest absolute Gasteiger partial charge is 0.0119 e. The molecule has 1 fully saturated rings. The molecule has 0 bridgehead atoms. The van der Waals surface area contributed by atoms with Gasteiger partial charge in [0.1, 0.15) is 0 Å². The highest BCUT2D eigenvalue weighted by molar-refractivity contribution is 8.29. The van der Waals surface area contributed by atoms with E-state index in [0.29, 0.717) is 5.25 Å². The predicted octanol–water partition coefficient (Wildman–Crippen LogP) is 2.49. The van der Waals surface area contributed by atoms with Crippen LogP contribution in [0.5, 0.6) is 0 Å². The predicted molar refractivity (Wildman–Crippen MR) is 38.2 cm³/mol. The van der Waals surface area contributed by atoms with Crippen LogP contribution in [0.15, 0.2) is 0 Å². The first kappa shape index (κ1) is 6.40. The zero-order valence-corrected chi connectivity index (χ0v) is 6.30. The van der Waals surface area contributed by atoms with Gasteiger partial charge >= 0.3 is 0 Å². The molecule has 0 nitrogen and oxygen atoms in total. The zero-order valence-electron chi connectivity index (χ0n) is 5.48. The monoisotopic (exact) mass is 136 g/mol. The molecule has 1 saturated heterocycles. The van der Waals surface area contributed by atoms with Crippen LogP contribution in [-0.2, 0) is 0 Å². The summed E-state index contributed by atoms with van der Waals surface area (Å²) < 4.78 is 13.1. The fourth-order valence-electron chi connectivity index (χ4n) is 1.10. The Balaban J connectivity index is 2.54. The number of halogens is 1. The van der Waals surface area contributed by atoms with Crippen molar-refractivity contribution < 1.29 is 3.89 Å². The molecule has 1 aliphatic rings. The maximum atomic E-state index is 13.1. The maximum Gasteiger partial charge on any atom is 0.0119 e. The van der Waals surface area contributed by atoms with Crippen LogP contribution in [0.2, 0.25) is 0 Å². The molecular weight excluding hydrogens is 123 g/mol. The van der Waals surface area contributed by atoms with Crippen LogP contribution in [-0.4, -0.2) is 17.3 Å². The van der Waals surface area contributed by atoms with Gasteiger partial charge in [-0.25, -0.2) is 0 Å². The second-order valence-electron chi connectivity index (χ2n) is 2.70. The molecule has 8 heavy (non-hydrogen) atoms. The van der Waals surface area contributed by atoms with Crippen molar-refractivity contribution in [3.05, 3.63) is 0 Å². The molecule has 50 valence electrons. The maximum absolute atomic E-state index is 13.1. The molecule has 2 heteroatoms. The number of rotatable bonds is 0. The first-order chi connectivity index (χ1) is 3.63. The largest absolute Gasteiger partial charge is 0.189 e. The third-order valence-corrected chi connectivity index (χ3v) is 4.99. The van der Waals surface area contributed by atoms with Gasteiger partial charge in [-0.05, 0) is 19.1 Å². The molecule has 0 aromatic heterocycles. The van der Waals surface area contributed by atoms with Crippen molar-refractivity contribution in [3.8, 4) is 0 Å². The molecule has 0 radical (unpaired) electrons. The summed E-state index contributed by atoms with van der Waals surface area (Å²) in [5, 5.41) is 0.377. The van der Waals surface area contributed by atoms with Crippen LogP contribution in [0, 0.1) is 0 Å². The second kappa shape index (κ2) is 1.90. The van der Waals surface area contributed by atoms with Gasteiger partial charge in [-0.2, -0.15) is 3.89 Å². The van der Waals surface area contributed by atoms with E-state index >= 15 is 0 Å². The number of hydrogen-bond donors (Lipinski definition) is 0. The molecule has 1 rings (SSSR count). The highest BCUT2D eigenvalue weighted by atomic mass is 32.3. The first-order valence-electron chi connectivity index (χ1n) is 3.07. The Morgan fingerprint density at radius 2 is 2.25 bits per heavy atom. The highest BCUT2D eigenvalue weighted by Gasteiger charge is 2.30. The standard InChI is InChI=1S/C6H13FS/c1-6-4-3-5-8(6,2)7/h6H,3-5H2,1-2H3. The lowest BCUT2D eigenvalue weighted by Gasteiger charge is -2.23. The Morgan fingerprint density at radius 3 is 2.38 bits per heavy atom. The topological polar surface area (TPSA) is 0 Å². The minimum absolute atomic E-state index is 0.377. The molecule has 0 aromatic rings. The van der Waals surface area contributed by atoms with E-state index in [1.807, 2.05) is 6.92 Å². The van der Waals surface area contributed by atoms with Crippen molar-refractivity contribution in [1.29, 1.82) is 0 Å². The lowest BCUT2D eigenvalue weighted by Crippen LogP contribution is -2.01. The zero-order chi connectivity index (χ0) is 6.20. The molecule has 0 amide bonds. The SMILES string of the molecule is CC1CCCS1(C)F. The van der Waals surface area contributed by atoms with Gasteiger partial charge in [-0.3, -0.25) is 0 Å². The minimum Gasteiger partial charge on any atom is -0.189 e. The van der Waals surface area contributed by atoms with Gasteiger partial charge in [0.15, 0.2) is 0 Å². The summed E-state index contributed by atoms with van der Waals surface area (Å²) in [6, 6.07) is 0. The van der Waals surface area contributed by atoms with Crippen molar-refractivity contribution in [2.45, 2.75) is 25.0 Å². The lowest BCUT2D eigenvalue weighted by molar-refractivity contribution is 0.817. The Kier molecular flexibility index (Phi) is 1.52. The molecular formula is C6H13FS. The summed E-state index contributed by atoms with van der Waals surface area (Å²) in [5.41, 5.74) is 0. The van der Waals surface area contributed by atoms with Crippen LogP contribution in [0.1, 0.15) is 19.8 Å². The molecule has 0 saturated carbocycles. The summed E-state index contributed by atoms with van der Waals surface area (Å²) in [7, 11) is -1.62. The van der Waals surface area contributed by atoms with E-state index < -0.39 is 10.4 Å². The van der Waals surface area contributed by atoms with Crippen LogP contribution < -0.4 is 0 Å². The highest BCUT2D eigenvalue weighted by Crippen LogP contribution is 2.57. The van der Waals surface area contributed by atoms with E-state index in [2.05, 4.69) is 0 Å². The van der Waals surface area contributed by atoms with E-state index in [9.17, 15) is 3.89 Å². The number of hydrogen-bond acceptors (Lipinski definition) is 0. The van der Waals surface area contributed by atoms with Crippen molar-refractivity contribution in [3.63, 3.8) is 0 Å². The Hall–Kier alpha value is 0.280. The Bertz CT molecular complexity index is 90.5. The summed E-state index contributed by atoms with van der Waals surface area (Å²) in [6.07, 6.45) is 4.02. The third kappa shape index (κ3) is 0.993. The Labute approximate surface area is 52.1 Å². The normalized spacial score (nSPS) is 55.6. The third-order valence-electron chi connectivity index (χ3n) is 1.99. The van der Waals surface area contributed by atoms with Crippen LogP contribution in [0.25, 0.3) is 0 Å². The van der Waals surface area contributed by atoms with Crippen molar-refractivity contribution >= 4 is 10.4 Å². The Morgan fingerprint density at radius 1 is 1.62 bits per heavy atom. The van der Waals surface area contributed by atoms with Gasteiger partial charge in [0.05, 0.1) is 0 Å². The molecule has 2 atom stereocenters. The summed E-state index contributed by atoms with van der Waals surface area (Å²) in [4.78, 5) is 0. The van der Waals surface area contributed by atoms with Crippen LogP contribution in [0.4, 0.5) is 3.89 Å². The summed E-state index contributed by atoms with van der Waals surface area (Å²) >= 11 is 0. The van der Waals surface area contributed by atoms with Gasteiger partial charge in [0, 0.05) is 11.0 Å². The molecule has 0 aromatic carbocycles. The molecule has 2 unspecified atom stereocenters. The van der Waals surface area contributed by atoms with Gasteiger partial charge < -0.3 is 0 Å². The van der Waals surface area contributed by atoms with Crippen molar-refractivity contribution in [2.75, 3.05) is 12.0 Å². The summed E-state index contributed by atoms with van der Waals surface area (Å²) in [5.74, 6) is 0.855. The lowest BCUT2D eigenvalue weighted by atomic mass is 10.3. The fourth-order valence-corrected chi connectivity index (χ4v) is 2.89. The molecule has 0 N–H and O–H groups in total. The van der Waals surface area contributed by atoms with E-state index in [1.165, 1.54) is 0 Å². The minimum atomic E-state index is -1.62. The van der Waals surface area contributed by atoms with Crippen LogP contribution in [0.3, 0.4) is 0 Å². The average molecular weight is 136 g/mol. The second-order valence-corrected chi connectivity index (χ2v) is 6.00. The molecule has 1 aliphatic heterocycles.